The number of halogens is 1. The lowest BCUT2D eigenvalue weighted by atomic mass is 9.98. The molecule has 0 aliphatic rings. The molecule has 0 saturated carbocycles. The van der Waals surface area contributed by atoms with Crippen molar-refractivity contribution in [1.82, 2.24) is 5.32 Å². The highest BCUT2D eigenvalue weighted by Crippen LogP contribution is 2.18. The van der Waals surface area contributed by atoms with E-state index in [1.807, 2.05) is 38.1 Å². The van der Waals surface area contributed by atoms with Crippen LogP contribution in [0.2, 0.25) is 0 Å². The number of nitrogens with one attached hydrogen (secondary N) is 2. The summed E-state index contributed by atoms with van der Waals surface area (Å²) in [6.45, 7) is 7.02. The van der Waals surface area contributed by atoms with E-state index in [-0.39, 0.29) is 23.7 Å². The van der Waals surface area contributed by atoms with Gasteiger partial charge in [-0.3, -0.25) is 9.69 Å². The molecular formula is C25H34FN3O2. The number of hydrogen-bond donors (Lipinski definition) is 2. The fraction of sp³-hybridized carbons (Fsp3) is 0.440. The van der Waals surface area contributed by atoms with Gasteiger partial charge in [0.05, 0.1) is 0 Å². The monoisotopic (exact) mass is 427 g/mol. The van der Waals surface area contributed by atoms with Gasteiger partial charge in [0.15, 0.2) is 0 Å². The lowest BCUT2D eigenvalue weighted by Gasteiger charge is -2.24. The Morgan fingerprint density at radius 1 is 1.00 bits per heavy atom. The Kier molecular flexibility index (Phi) is 10.0. The first-order valence-electron chi connectivity index (χ1n) is 11.1. The highest BCUT2D eigenvalue weighted by atomic mass is 19.1. The molecule has 0 aliphatic heterocycles. The van der Waals surface area contributed by atoms with E-state index >= 15 is 0 Å². The van der Waals surface area contributed by atoms with Crippen LogP contribution in [-0.2, 0) is 4.79 Å². The van der Waals surface area contributed by atoms with Gasteiger partial charge in [0, 0.05) is 30.4 Å². The normalized spacial score (nSPS) is 11.6. The second-order valence-electron chi connectivity index (χ2n) is 7.82. The van der Waals surface area contributed by atoms with Crippen molar-refractivity contribution in [2.75, 3.05) is 23.3 Å². The lowest BCUT2D eigenvalue weighted by Crippen LogP contribution is -2.38. The van der Waals surface area contributed by atoms with Crippen molar-refractivity contribution in [2.45, 2.75) is 52.9 Å². The summed E-state index contributed by atoms with van der Waals surface area (Å²) in [5.74, 6) is -0.237. The zero-order chi connectivity index (χ0) is 22.6. The second kappa shape index (κ2) is 12.7. The van der Waals surface area contributed by atoms with E-state index in [0.29, 0.717) is 30.9 Å². The third-order valence-electron chi connectivity index (χ3n) is 5.31. The fourth-order valence-corrected chi connectivity index (χ4v) is 3.36. The van der Waals surface area contributed by atoms with Crippen molar-refractivity contribution in [2.24, 2.45) is 5.92 Å². The van der Waals surface area contributed by atoms with Crippen LogP contribution in [0.4, 0.5) is 20.6 Å². The molecule has 0 fully saturated rings. The molecule has 2 aromatic carbocycles. The largest absolute Gasteiger partial charge is 0.356 e. The number of benzene rings is 2. The first kappa shape index (κ1) is 24.4. The molecule has 2 N–H and O–H groups in total. The van der Waals surface area contributed by atoms with Gasteiger partial charge in [-0.15, -0.1) is 0 Å². The van der Waals surface area contributed by atoms with Gasteiger partial charge in [-0.1, -0.05) is 44.4 Å². The maximum Gasteiger partial charge on any atom is 0.326 e. The first-order chi connectivity index (χ1) is 14.9. The number of amides is 3. The van der Waals surface area contributed by atoms with Gasteiger partial charge in [-0.05, 0) is 62.6 Å². The Hall–Kier alpha value is -2.89. The Balaban J connectivity index is 1.97. The maximum atomic E-state index is 13.4. The summed E-state index contributed by atoms with van der Waals surface area (Å²) in [7, 11) is 0. The second-order valence-corrected chi connectivity index (χ2v) is 7.82. The number of anilines is 2. The lowest BCUT2D eigenvalue weighted by molar-refractivity contribution is -0.125. The molecule has 0 radical (unpaired) electrons. The number of unbranched alkanes of at least 4 members (excludes halogenated alkanes) is 1. The zero-order valence-corrected chi connectivity index (χ0v) is 18.8. The third kappa shape index (κ3) is 8.04. The van der Waals surface area contributed by atoms with Gasteiger partial charge < -0.3 is 10.6 Å². The standard InChI is InChI=1S/C25H34FN3O2/c1-4-6-8-20(5-2)24(30)27-17-7-18-29(23-15-11-21(26)12-16-23)25(31)28-22-13-9-19(3)10-14-22/h9-16,20H,4-8,17-18H2,1-3H3,(H,27,30)(H,28,31). The van der Waals surface area contributed by atoms with E-state index in [1.165, 1.54) is 12.1 Å². The SMILES string of the molecule is CCCCC(CC)C(=O)NCCCN(C(=O)Nc1ccc(C)cc1)c1ccc(F)cc1. The molecule has 1 unspecified atom stereocenters. The molecule has 0 aromatic heterocycles. The molecule has 0 bridgehead atoms. The molecule has 0 saturated heterocycles. The van der Waals surface area contributed by atoms with Crippen molar-refractivity contribution >= 4 is 23.3 Å². The van der Waals surface area contributed by atoms with Crippen LogP contribution in [0.1, 0.15) is 51.5 Å². The average Bonchev–Trinajstić information content (AvgIpc) is 2.76. The number of carbonyl (C=O) groups excluding carboxylic acids is 2. The Labute approximate surface area is 185 Å². The number of urea groups is 1. The molecule has 168 valence electrons. The minimum atomic E-state index is -0.354. The number of aryl methyl sites for hydroxylation is 1. The molecule has 1 atom stereocenters. The summed E-state index contributed by atoms with van der Waals surface area (Å²) in [6.07, 6.45) is 4.44. The van der Waals surface area contributed by atoms with Gasteiger partial charge in [0.1, 0.15) is 5.82 Å². The van der Waals surface area contributed by atoms with Gasteiger partial charge in [-0.2, -0.15) is 0 Å². The summed E-state index contributed by atoms with van der Waals surface area (Å²) < 4.78 is 13.4. The number of hydrogen-bond acceptors (Lipinski definition) is 2. The fourth-order valence-electron chi connectivity index (χ4n) is 3.36. The van der Waals surface area contributed by atoms with Crippen LogP contribution in [0.25, 0.3) is 0 Å². The summed E-state index contributed by atoms with van der Waals surface area (Å²) in [5, 5.41) is 5.88. The van der Waals surface area contributed by atoms with Crippen LogP contribution in [0.5, 0.6) is 0 Å². The predicted octanol–water partition coefficient (Wildman–Crippen LogP) is 5.90. The molecule has 2 rings (SSSR count). The van der Waals surface area contributed by atoms with E-state index in [4.69, 9.17) is 0 Å². The summed E-state index contributed by atoms with van der Waals surface area (Å²) in [4.78, 5) is 26.9. The summed E-state index contributed by atoms with van der Waals surface area (Å²) in [5.41, 5.74) is 2.40. The Morgan fingerprint density at radius 3 is 2.29 bits per heavy atom. The van der Waals surface area contributed by atoms with Crippen LogP contribution in [0, 0.1) is 18.7 Å². The van der Waals surface area contributed by atoms with E-state index in [0.717, 1.165) is 31.2 Å². The molecule has 0 spiro atoms. The Morgan fingerprint density at radius 2 is 1.68 bits per heavy atom. The van der Waals surface area contributed by atoms with Gasteiger partial charge >= 0.3 is 6.03 Å². The van der Waals surface area contributed by atoms with Gasteiger partial charge in [0.25, 0.3) is 0 Å². The van der Waals surface area contributed by atoms with Crippen molar-refractivity contribution in [1.29, 1.82) is 0 Å². The van der Waals surface area contributed by atoms with Crippen molar-refractivity contribution < 1.29 is 14.0 Å². The average molecular weight is 428 g/mol. The van der Waals surface area contributed by atoms with E-state index in [9.17, 15) is 14.0 Å². The minimum Gasteiger partial charge on any atom is -0.356 e. The van der Waals surface area contributed by atoms with Crippen LogP contribution >= 0.6 is 0 Å². The van der Waals surface area contributed by atoms with Crippen LogP contribution < -0.4 is 15.5 Å². The highest BCUT2D eigenvalue weighted by Gasteiger charge is 2.18. The minimum absolute atomic E-state index is 0.0398. The van der Waals surface area contributed by atoms with E-state index in [2.05, 4.69) is 17.6 Å². The van der Waals surface area contributed by atoms with Crippen molar-refractivity contribution in [3.8, 4) is 0 Å². The van der Waals surface area contributed by atoms with Gasteiger partial charge in [-0.25, -0.2) is 9.18 Å². The quantitative estimate of drug-likeness (QED) is 0.439. The van der Waals surface area contributed by atoms with Gasteiger partial charge in [0.2, 0.25) is 5.91 Å². The number of nitrogens with zero attached hydrogens (tertiary/aromatic N) is 1. The predicted molar refractivity (Wildman–Crippen MR) is 125 cm³/mol. The topological polar surface area (TPSA) is 61.4 Å². The first-order valence-corrected chi connectivity index (χ1v) is 11.1. The third-order valence-corrected chi connectivity index (χ3v) is 5.31. The van der Waals surface area contributed by atoms with E-state index < -0.39 is 0 Å². The molecule has 6 heteroatoms. The van der Waals surface area contributed by atoms with Crippen molar-refractivity contribution in [3.05, 3.63) is 59.9 Å². The molecule has 31 heavy (non-hydrogen) atoms. The molecule has 0 heterocycles. The molecule has 2 aromatic rings. The number of carbonyl (C=O) groups is 2. The highest BCUT2D eigenvalue weighted by molar-refractivity contribution is 6.01. The summed E-state index contributed by atoms with van der Waals surface area (Å²) >= 11 is 0. The van der Waals surface area contributed by atoms with Crippen LogP contribution in [0.3, 0.4) is 0 Å². The zero-order valence-electron chi connectivity index (χ0n) is 18.8. The molecule has 3 amide bonds. The van der Waals surface area contributed by atoms with Crippen LogP contribution in [0.15, 0.2) is 48.5 Å². The molecule has 0 aliphatic carbocycles. The summed E-state index contributed by atoms with van der Waals surface area (Å²) in [6, 6.07) is 13.1. The smallest absolute Gasteiger partial charge is 0.326 e. The maximum absolute atomic E-state index is 13.4. The number of rotatable bonds is 11. The van der Waals surface area contributed by atoms with Crippen molar-refractivity contribution in [3.63, 3.8) is 0 Å². The van der Waals surface area contributed by atoms with Crippen LogP contribution in [-0.4, -0.2) is 25.0 Å². The Bertz CT molecular complexity index is 822. The molecular weight excluding hydrogens is 393 g/mol. The molecule has 5 nitrogen and oxygen atoms in total. The van der Waals surface area contributed by atoms with E-state index in [1.54, 1.807) is 17.0 Å².